The molecule has 0 spiro atoms. The van der Waals surface area contributed by atoms with E-state index in [1.165, 1.54) is 4.90 Å². The molecule has 1 amide bonds. The third kappa shape index (κ3) is 2.42. The first-order valence-electron chi connectivity index (χ1n) is 5.92. The van der Waals surface area contributed by atoms with Gasteiger partial charge in [0.05, 0.1) is 0 Å². The van der Waals surface area contributed by atoms with Gasteiger partial charge in [-0.05, 0) is 26.7 Å². The van der Waals surface area contributed by atoms with Gasteiger partial charge in [0.15, 0.2) is 12.0 Å². The van der Waals surface area contributed by atoms with E-state index in [0.717, 1.165) is 0 Å². The number of carbonyl (C=O) groups is 2. The molecule has 2 rings (SSSR count). The molecule has 1 aliphatic heterocycles. The normalized spacial score (nSPS) is 32.8. The van der Waals surface area contributed by atoms with E-state index in [1.54, 1.807) is 20.8 Å². The summed E-state index contributed by atoms with van der Waals surface area (Å²) < 4.78 is 18.7. The van der Waals surface area contributed by atoms with Gasteiger partial charge < -0.3 is 9.64 Å². The number of hydrogen-bond acceptors (Lipinski definition) is 3. The monoisotopic (exact) mass is 243 g/mol. The molecular weight excluding hydrogens is 225 g/mol. The van der Waals surface area contributed by atoms with Crippen molar-refractivity contribution >= 4 is 11.9 Å². The fraction of sp³-hybridized carbons (Fsp3) is 0.833. The number of alkyl halides is 1. The van der Waals surface area contributed by atoms with Crippen LogP contribution in [0, 0.1) is 11.8 Å². The molecule has 2 aliphatic rings. The quantitative estimate of drug-likeness (QED) is 0.651. The van der Waals surface area contributed by atoms with E-state index >= 15 is 0 Å². The minimum Gasteiger partial charge on any atom is -0.444 e. The second-order valence-corrected chi connectivity index (χ2v) is 5.88. The summed E-state index contributed by atoms with van der Waals surface area (Å²) in [7, 11) is 0. The van der Waals surface area contributed by atoms with Crippen LogP contribution in [0.25, 0.3) is 0 Å². The van der Waals surface area contributed by atoms with E-state index in [2.05, 4.69) is 0 Å². The average molecular weight is 243 g/mol. The summed E-state index contributed by atoms with van der Waals surface area (Å²) in [5, 5.41) is 0. The van der Waals surface area contributed by atoms with E-state index < -0.39 is 17.9 Å². The molecule has 0 aromatic carbocycles. The van der Waals surface area contributed by atoms with E-state index in [9.17, 15) is 14.0 Å². The molecule has 3 atom stereocenters. The number of Topliss-reactive ketones (excluding diaryl/α,β-unsaturated/α-hetero) is 1. The molecule has 1 heterocycles. The van der Waals surface area contributed by atoms with Crippen LogP contribution in [-0.4, -0.2) is 41.6 Å². The van der Waals surface area contributed by atoms with Crippen LogP contribution < -0.4 is 0 Å². The van der Waals surface area contributed by atoms with Crippen molar-refractivity contribution in [1.82, 2.24) is 4.90 Å². The zero-order chi connectivity index (χ0) is 12.8. The van der Waals surface area contributed by atoms with Crippen LogP contribution in [0.15, 0.2) is 0 Å². The predicted octanol–water partition coefficient (Wildman–Crippen LogP) is 1.78. The highest BCUT2D eigenvalue weighted by atomic mass is 19.1. The van der Waals surface area contributed by atoms with Gasteiger partial charge in [-0.3, -0.25) is 4.79 Å². The van der Waals surface area contributed by atoms with Crippen LogP contribution in [-0.2, 0) is 9.53 Å². The molecule has 0 aromatic heterocycles. The van der Waals surface area contributed by atoms with Crippen LogP contribution in [0.2, 0.25) is 0 Å². The van der Waals surface area contributed by atoms with Gasteiger partial charge in [-0.2, -0.15) is 0 Å². The Balaban J connectivity index is 1.96. The Hall–Kier alpha value is -1.13. The highest BCUT2D eigenvalue weighted by Gasteiger charge is 2.49. The number of nitrogens with zero attached hydrogens (tertiary/aromatic N) is 1. The second-order valence-electron chi connectivity index (χ2n) is 5.88. The number of amides is 1. The smallest absolute Gasteiger partial charge is 0.410 e. The van der Waals surface area contributed by atoms with Crippen LogP contribution >= 0.6 is 0 Å². The molecule has 1 aliphatic carbocycles. The van der Waals surface area contributed by atoms with Crippen molar-refractivity contribution in [2.45, 2.75) is 39.0 Å². The minimum absolute atomic E-state index is 0.0231. The van der Waals surface area contributed by atoms with Crippen molar-refractivity contribution in [1.29, 1.82) is 0 Å². The fourth-order valence-electron chi connectivity index (χ4n) is 2.53. The Labute approximate surface area is 100 Å². The van der Waals surface area contributed by atoms with Gasteiger partial charge in [0.2, 0.25) is 0 Å². The van der Waals surface area contributed by atoms with Crippen LogP contribution in [0.1, 0.15) is 27.2 Å². The maximum Gasteiger partial charge on any atom is 0.410 e. The van der Waals surface area contributed by atoms with Crippen molar-refractivity contribution in [2.75, 3.05) is 13.1 Å². The zero-order valence-corrected chi connectivity index (χ0v) is 10.4. The Bertz CT molecular complexity index is 350. The van der Waals surface area contributed by atoms with Crippen molar-refractivity contribution in [3.63, 3.8) is 0 Å². The zero-order valence-electron chi connectivity index (χ0n) is 10.4. The topological polar surface area (TPSA) is 46.6 Å². The van der Waals surface area contributed by atoms with Gasteiger partial charge in [0.1, 0.15) is 5.60 Å². The summed E-state index contributed by atoms with van der Waals surface area (Å²) in [5.74, 6) is -0.663. The number of ether oxygens (including phenoxy) is 1. The number of ketones is 1. The number of hydrogen-bond donors (Lipinski definition) is 0. The maximum absolute atomic E-state index is 13.5. The average Bonchev–Trinajstić information content (AvgIpc) is 2.66. The lowest BCUT2D eigenvalue weighted by Crippen LogP contribution is -2.36. The fourth-order valence-corrected chi connectivity index (χ4v) is 2.53. The maximum atomic E-state index is 13.5. The van der Waals surface area contributed by atoms with Crippen LogP contribution in [0.4, 0.5) is 9.18 Å². The molecular formula is C12H18FNO3. The molecule has 0 radical (unpaired) electrons. The number of likely N-dealkylation sites (tertiary alicyclic amines) is 1. The van der Waals surface area contributed by atoms with Gasteiger partial charge >= 0.3 is 6.09 Å². The predicted molar refractivity (Wildman–Crippen MR) is 59.3 cm³/mol. The number of rotatable bonds is 0. The molecule has 1 saturated heterocycles. The van der Waals surface area contributed by atoms with Gasteiger partial charge in [0.25, 0.3) is 0 Å². The summed E-state index contributed by atoms with van der Waals surface area (Å²) in [6.07, 6.45) is -1.55. The molecule has 0 N–H and O–H groups in total. The summed E-state index contributed by atoms with van der Waals surface area (Å²) in [6, 6.07) is 0. The lowest BCUT2D eigenvalue weighted by Gasteiger charge is -2.24. The standard InChI is InChI=1S/C12H18FNO3/c1-12(2,3)17-11(16)14-5-7-4-9(15)10(13)8(7)6-14/h7-8,10H,4-6H2,1-3H3/t7-,8+,10-/m0/s1. The summed E-state index contributed by atoms with van der Waals surface area (Å²) >= 11 is 0. The Morgan fingerprint density at radius 3 is 2.59 bits per heavy atom. The summed E-state index contributed by atoms with van der Waals surface area (Å²) in [6.45, 7) is 6.12. The molecule has 5 heteroatoms. The molecule has 4 nitrogen and oxygen atoms in total. The summed E-state index contributed by atoms with van der Waals surface area (Å²) in [5.41, 5.74) is -0.542. The van der Waals surface area contributed by atoms with Gasteiger partial charge in [-0.1, -0.05) is 0 Å². The highest BCUT2D eigenvalue weighted by molar-refractivity contribution is 5.86. The molecule has 0 unspecified atom stereocenters. The number of fused-ring (bicyclic) bond motifs is 1. The Kier molecular flexibility index (Phi) is 2.87. The number of halogens is 1. The third-order valence-corrected chi connectivity index (χ3v) is 3.29. The summed E-state index contributed by atoms with van der Waals surface area (Å²) in [4.78, 5) is 24.5. The third-order valence-electron chi connectivity index (χ3n) is 3.29. The highest BCUT2D eigenvalue weighted by Crippen LogP contribution is 2.38. The van der Waals surface area contributed by atoms with Gasteiger partial charge in [-0.15, -0.1) is 0 Å². The van der Waals surface area contributed by atoms with Gasteiger partial charge in [0, 0.05) is 25.4 Å². The van der Waals surface area contributed by atoms with Crippen molar-refractivity contribution < 1.29 is 18.7 Å². The van der Waals surface area contributed by atoms with Crippen molar-refractivity contribution in [3.8, 4) is 0 Å². The SMILES string of the molecule is CC(C)(C)OC(=O)N1C[C@@H]2CC(=O)[C@@H](F)[C@@H]2C1. The molecule has 1 saturated carbocycles. The first-order chi connectivity index (χ1) is 7.78. The van der Waals surface area contributed by atoms with Crippen molar-refractivity contribution in [3.05, 3.63) is 0 Å². The molecule has 0 bridgehead atoms. The number of carbonyl (C=O) groups excluding carboxylic acids is 2. The molecule has 96 valence electrons. The minimum atomic E-state index is -1.40. The first-order valence-corrected chi connectivity index (χ1v) is 5.92. The van der Waals surface area contributed by atoms with E-state index in [4.69, 9.17) is 4.74 Å². The van der Waals surface area contributed by atoms with Crippen LogP contribution in [0.3, 0.4) is 0 Å². The van der Waals surface area contributed by atoms with E-state index in [1.807, 2.05) is 0 Å². The Morgan fingerprint density at radius 1 is 1.41 bits per heavy atom. The lowest BCUT2D eigenvalue weighted by molar-refractivity contribution is -0.122. The first kappa shape index (κ1) is 12.3. The van der Waals surface area contributed by atoms with E-state index in [0.29, 0.717) is 13.1 Å². The molecule has 0 aromatic rings. The largest absolute Gasteiger partial charge is 0.444 e. The lowest BCUT2D eigenvalue weighted by atomic mass is 10.0. The molecule has 17 heavy (non-hydrogen) atoms. The molecule has 2 fully saturated rings. The Morgan fingerprint density at radius 2 is 2.06 bits per heavy atom. The van der Waals surface area contributed by atoms with E-state index in [-0.39, 0.29) is 24.0 Å². The van der Waals surface area contributed by atoms with Gasteiger partial charge in [-0.25, -0.2) is 9.18 Å². The second kappa shape index (κ2) is 3.96. The van der Waals surface area contributed by atoms with Crippen LogP contribution in [0.5, 0.6) is 0 Å². The van der Waals surface area contributed by atoms with Crippen molar-refractivity contribution in [2.24, 2.45) is 11.8 Å².